The maximum atomic E-state index is 12.4. The summed E-state index contributed by atoms with van der Waals surface area (Å²) in [5.41, 5.74) is -1.50. The molecule has 2 heterocycles. The maximum absolute atomic E-state index is 12.4. The monoisotopic (exact) mass is 291 g/mol. The highest BCUT2D eigenvalue weighted by atomic mass is 16.5. The van der Waals surface area contributed by atoms with Crippen LogP contribution in [0.5, 0.6) is 0 Å². The number of carbonyl (C=O) groups is 1. The van der Waals surface area contributed by atoms with Crippen molar-refractivity contribution >= 4 is 5.91 Å². The van der Waals surface area contributed by atoms with Crippen LogP contribution in [0, 0.1) is 11.8 Å². The SMILES string of the molecule is C=C1O[C@@]2(C)[C@@H](CCC)C(=O)N[C@@]12[C@@H](O)[C@@H]1C=CCCC1. The minimum Gasteiger partial charge on any atom is -0.486 e. The predicted octanol–water partition coefficient (Wildman–Crippen LogP) is 2.29. The van der Waals surface area contributed by atoms with Crippen molar-refractivity contribution in [2.75, 3.05) is 0 Å². The van der Waals surface area contributed by atoms with Gasteiger partial charge in [0, 0.05) is 5.92 Å². The molecule has 2 aliphatic heterocycles. The molecule has 4 nitrogen and oxygen atoms in total. The van der Waals surface area contributed by atoms with E-state index in [1.165, 1.54) is 0 Å². The topological polar surface area (TPSA) is 58.6 Å². The molecule has 1 aliphatic carbocycles. The average molecular weight is 291 g/mol. The molecule has 0 aromatic carbocycles. The molecule has 0 unspecified atom stereocenters. The molecule has 0 aromatic rings. The number of ether oxygens (including phenoxy) is 1. The third kappa shape index (κ3) is 1.75. The molecule has 0 spiro atoms. The minimum absolute atomic E-state index is 0.0168. The van der Waals surface area contributed by atoms with Crippen LogP contribution in [0.25, 0.3) is 0 Å². The molecular formula is C17H25NO3. The summed E-state index contributed by atoms with van der Waals surface area (Å²) < 4.78 is 5.84. The van der Waals surface area contributed by atoms with Gasteiger partial charge in [-0.05, 0) is 32.6 Å². The smallest absolute Gasteiger partial charge is 0.228 e. The number of rotatable bonds is 4. The van der Waals surface area contributed by atoms with Gasteiger partial charge in [-0.3, -0.25) is 4.79 Å². The number of hydrogen-bond donors (Lipinski definition) is 2. The van der Waals surface area contributed by atoms with Crippen molar-refractivity contribution < 1.29 is 14.6 Å². The van der Waals surface area contributed by atoms with Gasteiger partial charge in [-0.25, -0.2) is 0 Å². The first kappa shape index (κ1) is 14.6. The molecule has 0 radical (unpaired) electrons. The van der Waals surface area contributed by atoms with Crippen LogP contribution >= 0.6 is 0 Å². The van der Waals surface area contributed by atoms with Gasteiger partial charge in [-0.15, -0.1) is 0 Å². The molecule has 2 fully saturated rings. The number of amides is 1. The van der Waals surface area contributed by atoms with Gasteiger partial charge in [0.25, 0.3) is 0 Å². The number of allylic oxidation sites excluding steroid dienone is 1. The number of nitrogens with one attached hydrogen (secondary N) is 1. The standard InChI is InChI=1S/C17H25NO3/c1-4-8-13-15(20)18-17(11(2)21-16(13,17)3)14(19)12-9-6-5-7-10-12/h6,9,12-14,19H,2,4-5,7-8,10H2,1,3H3,(H,18,20)/t12-,13+,14+,16+,17-/m1/s1. The Morgan fingerprint density at radius 2 is 2.38 bits per heavy atom. The van der Waals surface area contributed by atoms with Crippen LogP contribution in [0.3, 0.4) is 0 Å². The van der Waals surface area contributed by atoms with Crippen LogP contribution in [0.15, 0.2) is 24.5 Å². The lowest BCUT2D eigenvalue weighted by molar-refractivity contribution is -0.202. The third-order valence-electron chi connectivity index (χ3n) is 5.58. The molecule has 3 rings (SSSR count). The summed E-state index contributed by atoms with van der Waals surface area (Å²) >= 11 is 0. The first-order valence-corrected chi connectivity index (χ1v) is 8.02. The zero-order valence-corrected chi connectivity index (χ0v) is 12.9. The van der Waals surface area contributed by atoms with Crippen molar-refractivity contribution in [2.24, 2.45) is 11.8 Å². The summed E-state index contributed by atoms with van der Waals surface area (Å²) in [6.07, 6.45) is 8.29. The van der Waals surface area contributed by atoms with Gasteiger partial charge in [0.1, 0.15) is 5.76 Å². The van der Waals surface area contributed by atoms with Crippen LogP contribution in [0.2, 0.25) is 0 Å². The molecule has 0 bridgehead atoms. The van der Waals surface area contributed by atoms with Crippen molar-refractivity contribution in [3.05, 3.63) is 24.5 Å². The minimum atomic E-state index is -0.823. The van der Waals surface area contributed by atoms with Crippen molar-refractivity contribution in [3.8, 4) is 0 Å². The predicted molar refractivity (Wildman–Crippen MR) is 80.4 cm³/mol. The van der Waals surface area contributed by atoms with Crippen molar-refractivity contribution in [3.63, 3.8) is 0 Å². The average Bonchev–Trinajstić information content (AvgIpc) is 2.65. The molecule has 4 heteroatoms. The molecule has 2 saturated heterocycles. The first-order valence-electron chi connectivity index (χ1n) is 8.02. The Bertz CT molecular complexity index is 500. The highest BCUT2D eigenvalue weighted by Crippen LogP contribution is 2.57. The van der Waals surface area contributed by atoms with Crippen LogP contribution in [-0.4, -0.2) is 28.3 Å². The zero-order valence-electron chi connectivity index (χ0n) is 12.9. The fourth-order valence-corrected chi connectivity index (χ4v) is 4.37. The van der Waals surface area contributed by atoms with E-state index in [-0.39, 0.29) is 17.7 Å². The quantitative estimate of drug-likeness (QED) is 0.781. The van der Waals surface area contributed by atoms with Gasteiger partial charge in [-0.2, -0.15) is 0 Å². The van der Waals surface area contributed by atoms with E-state index in [4.69, 9.17) is 4.74 Å². The summed E-state index contributed by atoms with van der Waals surface area (Å²) in [6, 6.07) is 0. The number of hydrogen-bond acceptors (Lipinski definition) is 3. The summed E-state index contributed by atoms with van der Waals surface area (Å²) in [4.78, 5) is 12.4. The second kappa shape index (κ2) is 4.87. The lowest BCUT2D eigenvalue weighted by atomic mass is 9.63. The summed E-state index contributed by atoms with van der Waals surface area (Å²) in [7, 11) is 0. The van der Waals surface area contributed by atoms with Crippen molar-refractivity contribution in [2.45, 2.75) is 63.2 Å². The normalized spacial score (nSPS) is 42.8. The van der Waals surface area contributed by atoms with E-state index in [0.717, 1.165) is 32.1 Å². The number of aliphatic hydroxyl groups excluding tert-OH is 1. The zero-order chi connectivity index (χ0) is 15.3. The lowest BCUT2D eigenvalue weighted by Crippen LogP contribution is -2.75. The van der Waals surface area contributed by atoms with E-state index in [1.807, 2.05) is 6.92 Å². The molecule has 3 aliphatic rings. The molecule has 1 amide bonds. The summed E-state index contributed by atoms with van der Waals surface area (Å²) in [5.74, 6) is 0.329. The van der Waals surface area contributed by atoms with Gasteiger partial charge in [0.2, 0.25) is 5.91 Å². The molecule has 0 saturated carbocycles. The first-order chi connectivity index (χ1) is 9.97. The van der Waals surface area contributed by atoms with Crippen LogP contribution in [0.1, 0.15) is 46.0 Å². The van der Waals surface area contributed by atoms with Gasteiger partial charge < -0.3 is 15.2 Å². The molecule has 5 atom stereocenters. The molecule has 21 heavy (non-hydrogen) atoms. The van der Waals surface area contributed by atoms with Crippen LogP contribution < -0.4 is 5.32 Å². The van der Waals surface area contributed by atoms with E-state index >= 15 is 0 Å². The highest BCUT2D eigenvalue weighted by Gasteiger charge is 2.75. The van der Waals surface area contributed by atoms with Crippen molar-refractivity contribution in [1.82, 2.24) is 5.32 Å². The molecular weight excluding hydrogens is 266 g/mol. The highest BCUT2D eigenvalue weighted by molar-refractivity contribution is 5.87. The Kier molecular flexibility index (Phi) is 3.40. The van der Waals surface area contributed by atoms with E-state index in [1.54, 1.807) is 0 Å². The van der Waals surface area contributed by atoms with E-state index in [9.17, 15) is 9.90 Å². The Morgan fingerprint density at radius 1 is 1.62 bits per heavy atom. The maximum Gasteiger partial charge on any atom is 0.228 e. The fraction of sp³-hybridized carbons (Fsp3) is 0.706. The van der Waals surface area contributed by atoms with Crippen molar-refractivity contribution in [1.29, 1.82) is 0 Å². The van der Waals surface area contributed by atoms with E-state index < -0.39 is 17.2 Å². The van der Waals surface area contributed by atoms with Gasteiger partial charge in [0.05, 0.1) is 12.0 Å². The number of fused-ring (bicyclic) bond motifs is 1. The number of aliphatic hydroxyl groups is 1. The second-order valence-corrected chi connectivity index (χ2v) is 6.74. The van der Waals surface area contributed by atoms with Gasteiger partial charge >= 0.3 is 0 Å². The third-order valence-corrected chi connectivity index (χ3v) is 5.58. The van der Waals surface area contributed by atoms with Crippen LogP contribution in [0.4, 0.5) is 0 Å². The molecule has 2 N–H and O–H groups in total. The second-order valence-electron chi connectivity index (χ2n) is 6.74. The molecule has 0 aromatic heterocycles. The largest absolute Gasteiger partial charge is 0.486 e. The summed E-state index contributed by atoms with van der Waals surface area (Å²) in [5, 5.41) is 14.0. The number of carbonyl (C=O) groups excluding carboxylic acids is 1. The Morgan fingerprint density at radius 3 is 2.95 bits per heavy atom. The van der Waals surface area contributed by atoms with E-state index in [2.05, 4.69) is 31.0 Å². The van der Waals surface area contributed by atoms with E-state index in [0.29, 0.717) is 5.76 Å². The van der Waals surface area contributed by atoms with Gasteiger partial charge in [-0.1, -0.05) is 32.1 Å². The van der Waals surface area contributed by atoms with Gasteiger partial charge in [0.15, 0.2) is 11.1 Å². The fourth-order valence-electron chi connectivity index (χ4n) is 4.37. The van der Waals surface area contributed by atoms with Crippen LogP contribution in [-0.2, 0) is 9.53 Å². The molecule has 116 valence electrons. The summed E-state index contributed by atoms with van der Waals surface area (Å²) in [6.45, 7) is 7.94. The lowest BCUT2D eigenvalue weighted by Gasteiger charge is -2.58. The Balaban J connectivity index is 1.94. The Hall–Kier alpha value is -1.29. The Labute approximate surface area is 126 Å².